The Hall–Kier alpha value is -1.87. The van der Waals surface area contributed by atoms with E-state index in [0.29, 0.717) is 5.82 Å². The molecular weight excluding hydrogens is 296 g/mol. The van der Waals surface area contributed by atoms with Gasteiger partial charge in [0, 0.05) is 11.3 Å². The molecule has 1 unspecified atom stereocenters. The summed E-state index contributed by atoms with van der Waals surface area (Å²) >= 11 is 0. The van der Waals surface area contributed by atoms with Crippen LogP contribution < -0.4 is 5.73 Å². The van der Waals surface area contributed by atoms with Crippen LogP contribution in [-0.4, -0.2) is 10.6 Å². The van der Waals surface area contributed by atoms with E-state index in [1.54, 1.807) is 0 Å². The number of pyridine rings is 1. The Bertz CT molecular complexity index is 757. The Morgan fingerprint density at radius 1 is 1.04 bits per heavy atom. The van der Waals surface area contributed by atoms with Gasteiger partial charge in [0.15, 0.2) is 0 Å². The molecule has 1 aromatic heterocycles. The van der Waals surface area contributed by atoms with Crippen LogP contribution >= 0.6 is 0 Å². The summed E-state index contributed by atoms with van der Waals surface area (Å²) in [5, 5.41) is 0. The van der Waals surface area contributed by atoms with Gasteiger partial charge in [0.05, 0.1) is 11.7 Å². The Labute approximate surface area is 146 Å². The van der Waals surface area contributed by atoms with E-state index in [0.717, 1.165) is 22.4 Å². The second kappa shape index (κ2) is 6.56. The van der Waals surface area contributed by atoms with Crippen LogP contribution in [-0.2, 0) is 4.74 Å². The Balaban J connectivity index is 2.70. The molecule has 0 saturated carbocycles. The van der Waals surface area contributed by atoms with Crippen molar-refractivity contribution in [2.45, 2.75) is 67.1 Å². The third-order valence-corrected chi connectivity index (χ3v) is 4.44. The van der Waals surface area contributed by atoms with E-state index in [2.05, 4.69) is 64.7 Å². The van der Waals surface area contributed by atoms with Crippen molar-refractivity contribution in [3.63, 3.8) is 0 Å². The minimum absolute atomic E-state index is 0.0643. The van der Waals surface area contributed by atoms with Gasteiger partial charge in [-0.1, -0.05) is 18.2 Å². The van der Waals surface area contributed by atoms with Gasteiger partial charge in [-0.3, -0.25) is 0 Å². The van der Waals surface area contributed by atoms with Crippen molar-refractivity contribution in [1.82, 2.24) is 4.98 Å². The van der Waals surface area contributed by atoms with Gasteiger partial charge in [-0.15, -0.1) is 0 Å². The molecule has 1 aromatic carbocycles. The van der Waals surface area contributed by atoms with Crippen molar-refractivity contribution >= 4 is 5.82 Å². The second-order valence-corrected chi connectivity index (χ2v) is 7.67. The molecule has 24 heavy (non-hydrogen) atoms. The predicted octanol–water partition coefficient (Wildman–Crippen LogP) is 5.44. The molecule has 2 N–H and O–H groups in total. The van der Waals surface area contributed by atoms with Crippen molar-refractivity contribution in [1.29, 1.82) is 0 Å². The van der Waals surface area contributed by atoms with Crippen molar-refractivity contribution in [2.24, 2.45) is 0 Å². The van der Waals surface area contributed by atoms with E-state index in [-0.39, 0.29) is 11.7 Å². The first kappa shape index (κ1) is 18.5. The van der Waals surface area contributed by atoms with Gasteiger partial charge in [-0.2, -0.15) is 0 Å². The SMILES string of the molecule is Cc1ccc(-c2c(C)nc(N)c(C)c2C(C)OC(C)(C)C)cc1C. The molecule has 130 valence electrons. The van der Waals surface area contributed by atoms with E-state index in [1.807, 2.05) is 13.8 Å². The first-order valence-electron chi connectivity index (χ1n) is 8.53. The summed E-state index contributed by atoms with van der Waals surface area (Å²) in [6, 6.07) is 6.55. The summed E-state index contributed by atoms with van der Waals surface area (Å²) in [6.45, 7) is 16.6. The van der Waals surface area contributed by atoms with E-state index in [4.69, 9.17) is 10.5 Å². The largest absolute Gasteiger partial charge is 0.383 e. The summed E-state index contributed by atoms with van der Waals surface area (Å²) in [7, 11) is 0. The molecular formula is C21H30N2O. The molecule has 1 heterocycles. The minimum Gasteiger partial charge on any atom is -0.383 e. The van der Waals surface area contributed by atoms with Crippen LogP contribution in [0.4, 0.5) is 5.82 Å². The maximum absolute atomic E-state index is 6.25. The number of nitrogens with zero attached hydrogens (tertiary/aromatic N) is 1. The van der Waals surface area contributed by atoms with Gasteiger partial charge >= 0.3 is 0 Å². The lowest BCUT2D eigenvalue weighted by Crippen LogP contribution is -2.22. The summed E-state index contributed by atoms with van der Waals surface area (Å²) < 4.78 is 6.25. The van der Waals surface area contributed by atoms with Crippen LogP contribution in [0, 0.1) is 27.7 Å². The Kier molecular flexibility index (Phi) is 5.05. The van der Waals surface area contributed by atoms with Gasteiger partial charge in [0.25, 0.3) is 0 Å². The zero-order chi connectivity index (χ0) is 18.2. The highest BCUT2D eigenvalue weighted by atomic mass is 16.5. The van der Waals surface area contributed by atoms with Gasteiger partial charge in [0.1, 0.15) is 5.82 Å². The Morgan fingerprint density at radius 3 is 2.21 bits per heavy atom. The quantitative estimate of drug-likeness (QED) is 0.817. The van der Waals surface area contributed by atoms with E-state index < -0.39 is 0 Å². The lowest BCUT2D eigenvalue weighted by molar-refractivity contribution is -0.0529. The van der Waals surface area contributed by atoms with Gasteiger partial charge < -0.3 is 10.5 Å². The summed E-state index contributed by atoms with van der Waals surface area (Å²) in [6.07, 6.45) is -0.0643. The number of hydrogen-bond donors (Lipinski definition) is 1. The van der Waals surface area contributed by atoms with E-state index in [9.17, 15) is 0 Å². The number of aryl methyl sites for hydroxylation is 3. The summed E-state index contributed by atoms with van der Waals surface area (Å²) in [5.41, 5.74) is 13.9. The third kappa shape index (κ3) is 3.78. The fourth-order valence-electron chi connectivity index (χ4n) is 3.20. The van der Waals surface area contributed by atoms with E-state index in [1.165, 1.54) is 16.7 Å². The number of aromatic nitrogens is 1. The Morgan fingerprint density at radius 2 is 1.67 bits per heavy atom. The highest BCUT2D eigenvalue weighted by molar-refractivity contribution is 5.74. The number of rotatable bonds is 3. The van der Waals surface area contributed by atoms with Crippen LogP contribution in [0.3, 0.4) is 0 Å². The molecule has 0 bridgehead atoms. The molecule has 0 spiro atoms. The molecule has 3 heteroatoms. The third-order valence-electron chi connectivity index (χ3n) is 4.44. The van der Waals surface area contributed by atoms with Crippen LogP contribution in [0.5, 0.6) is 0 Å². The van der Waals surface area contributed by atoms with Gasteiger partial charge in [-0.05, 0) is 83.2 Å². The average molecular weight is 326 g/mol. The van der Waals surface area contributed by atoms with Crippen molar-refractivity contribution < 1.29 is 4.74 Å². The average Bonchev–Trinajstić information content (AvgIpc) is 2.43. The van der Waals surface area contributed by atoms with Crippen molar-refractivity contribution in [3.8, 4) is 11.1 Å². The molecule has 2 aromatic rings. The fourth-order valence-corrected chi connectivity index (χ4v) is 3.20. The minimum atomic E-state index is -0.224. The standard InChI is InChI=1S/C21H30N2O/c1-12-9-10-17(11-13(12)2)19-15(4)23-20(22)14(3)18(19)16(5)24-21(6,7)8/h9-11,16H,1-8H3,(H2,22,23). The number of nitrogens with two attached hydrogens (primary N) is 1. The van der Waals surface area contributed by atoms with E-state index >= 15 is 0 Å². The molecule has 1 atom stereocenters. The number of nitrogen functional groups attached to an aromatic ring is 1. The molecule has 0 amide bonds. The van der Waals surface area contributed by atoms with Crippen molar-refractivity contribution in [2.75, 3.05) is 5.73 Å². The smallest absolute Gasteiger partial charge is 0.126 e. The van der Waals surface area contributed by atoms with Gasteiger partial charge in [0.2, 0.25) is 0 Å². The topological polar surface area (TPSA) is 48.1 Å². The molecule has 0 radical (unpaired) electrons. The monoisotopic (exact) mass is 326 g/mol. The first-order valence-corrected chi connectivity index (χ1v) is 8.53. The molecule has 0 aliphatic rings. The molecule has 2 rings (SSSR count). The summed E-state index contributed by atoms with van der Waals surface area (Å²) in [4.78, 5) is 4.56. The van der Waals surface area contributed by atoms with Crippen LogP contribution in [0.25, 0.3) is 11.1 Å². The highest BCUT2D eigenvalue weighted by Gasteiger charge is 2.24. The molecule has 3 nitrogen and oxygen atoms in total. The zero-order valence-electron chi connectivity index (χ0n) is 16.2. The van der Waals surface area contributed by atoms with Gasteiger partial charge in [-0.25, -0.2) is 4.98 Å². The second-order valence-electron chi connectivity index (χ2n) is 7.67. The zero-order valence-corrected chi connectivity index (χ0v) is 16.2. The molecule has 0 fully saturated rings. The summed E-state index contributed by atoms with van der Waals surface area (Å²) in [5.74, 6) is 0.583. The van der Waals surface area contributed by atoms with Crippen molar-refractivity contribution in [3.05, 3.63) is 46.1 Å². The predicted molar refractivity (Wildman–Crippen MR) is 102 cm³/mol. The molecule has 0 aliphatic carbocycles. The molecule has 0 saturated heterocycles. The molecule has 0 aliphatic heterocycles. The number of anilines is 1. The van der Waals surface area contributed by atoms with Crippen LogP contribution in [0.1, 0.15) is 61.7 Å². The highest BCUT2D eigenvalue weighted by Crippen LogP contribution is 2.38. The van der Waals surface area contributed by atoms with Crippen LogP contribution in [0.15, 0.2) is 18.2 Å². The normalized spacial score (nSPS) is 13.2. The number of ether oxygens (including phenoxy) is 1. The maximum atomic E-state index is 6.25. The fraction of sp³-hybridized carbons (Fsp3) is 0.476. The lowest BCUT2D eigenvalue weighted by atomic mass is 9.90. The van der Waals surface area contributed by atoms with Crippen LogP contribution in [0.2, 0.25) is 0 Å². The number of hydrogen-bond acceptors (Lipinski definition) is 3. The maximum Gasteiger partial charge on any atom is 0.126 e. The first-order chi connectivity index (χ1) is 11.0. The lowest BCUT2D eigenvalue weighted by Gasteiger charge is -2.29. The number of benzene rings is 1.